The molecule has 1 aliphatic heterocycles. The van der Waals surface area contributed by atoms with Gasteiger partial charge < -0.3 is 4.74 Å². The number of rotatable bonds is 5. The molecule has 118 valence electrons. The van der Waals surface area contributed by atoms with Gasteiger partial charge in [-0.05, 0) is 44.9 Å². The van der Waals surface area contributed by atoms with Gasteiger partial charge in [-0.2, -0.15) is 0 Å². The maximum absolute atomic E-state index is 13.2. The number of sulfonamides is 1. The number of epoxide rings is 1. The van der Waals surface area contributed by atoms with Gasteiger partial charge in [0, 0.05) is 4.47 Å². The van der Waals surface area contributed by atoms with Gasteiger partial charge in [0.2, 0.25) is 10.0 Å². The van der Waals surface area contributed by atoms with Crippen molar-refractivity contribution < 1.29 is 17.5 Å². The van der Waals surface area contributed by atoms with Gasteiger partial charge in [-0.3, -0.25) is 0 Å². The molecule has 0 unspecified atom stereocenters. The van der Waals surface area contributed by atoms with E-state index in [0.717, 1.165) is 0 Å². The van der Waals surface area contributed by atoms with Crippen LogP contribution in [0.3, 0.4) is 0 Å². The van der Waals surface area contributed by atoms with Crippen LogP contribution in [0, 0.1) is 5.82 Å². The first-order chi connectivity index (χ1) is 9.60. The van der Waals surface area contributed by atoms with Crippen molar-refractivity contribution in [3.8, 4) is 0 Å². The zero-order chi connectivity index (χ0) is 15.8. The highest BCUT2D eigenvalue weighted by Crippen LogP contribution is 2.32. The van der Waals surface area contributed by atoms with Gasteiger partial charge in [0.15, 0.2) is 0 Å². The fourth-order valence-corrected chi connectivity index (χ4v) is 3.43. The second-order valence-corrected chi connectivity index (χ2v) is 9.46. The Morgan fingerprint density at radius 3 is 2.57 bits per heavy atom. The predicted molar refractivity (Wildman–Crippen MR) is 83.0 cm³/mol. The number of benzene rings is 1. The van der Waals surface area contributed by atoms with E-state index in [1.54, 1.807) is 26.8 Å². The first-order valence-corrected chi connectivity index (χ1v) is 8.96. The van der Waals surface area contributed by atoms with E-state index in [2.05, 4.69) is 20.7 Å². The Morgan fingerprint density at radius 1 is 1.48 bits per heavy atom. The minimum Gasteiger partial charge on any atom is -0.373 e. The van der Waals surface area contributed by atoms with Gasteiger partial charge in [-0.1, -0.05) is 22.0 Å². The molecule has 0 aromatic heterocycles. The summed E-state index contributed by atoms with van der Waals surface area (Å²) in [6.07, 6.45) is 0.578. The molecule has 1 aliphatic rings. The first kappa shape index (κ1) is 16.9. The van der Waals surface area contributed by atoms with Crippen LogP contribution in [0.25, 0.3) is 0 Å². The largest absolute Gasteiger partial charge is 0.373 e. The van der Waals surface area contributed by atoms with E-state index < -0.39 is 20.8 Å². The Kier molecular flexibility index (Phi) is 4.78. The van der Waals surface area contributed by atoms with Crippen LogP contribution < -0.4 is 4.72 Å². The summed E-state index contributed by atoms with van der Waals surface area (Å²) in [6.45, 7) is 5.55. The summed E-state index contributed by atoms with van der Waals surface area (Å²) < 4.78 is 45.5. The Morgan fingerprint density at radius 2 is 2.10 bits per heavy atom. The van der Waals surface area contributed by atoms with Crippen molar-refractivity contribution in [1.29, 1.82) is 0 Å². The molecule has 1 fully saturated rings. The highest BCUT2D eigenvalue weighted by atomic mass is 79.9. The minimum atomic E-state index is -3.51. The molecule has 1 saturated heterocycles. The van der Waals surface area contributed by atoms with Crippen molar-refractivity contribution in [3.05, 3.63) is 34.1 Å². The third kappa shape index (κ3) is 4.25. The molecule has 0 aliphatic carbocycles. The SMILES string of the molecule is CC(C)(C)S(=O)(=O)N[C@H](C[C@@H]1CO1)c1ccc(F)cc1Br. The zero-order valence-corrected chi connectivity index (χ0v) is 14.6. The molecule has 1 N–H and O–H groups in total. The third-order valence-electron chi connectivity index (χ3n) is 3.34. The van der Waals surface area contributed by atoms with Crippen LogP contribution in [-0.2, 0) is 14.8 Å². The van der Waals surface area contributed by atoms with Crippen molar-refractivity contribution in [2.75, 3.05) is 6.61 Å². The average molecular weight is 380 g/mol. The lowest BCUT2D eigenvalue weighted by Crippen LogP contribution is -2.41. The Balaban J connectivity index is 2.30. The van der Waals surface area contributed by atoms with E-state index in [1.165, 1.54) is 12.1 Å². The quantitative estimate of drug-likeness (QED) is 0.799. The lowest BCUT2D eigenvalue weighted by molar-refractivity contribution is 0.373. The van der Waals surface area contributed by atoms with Crippen molar-refractivity contribution in [2.24, 2.45) is 0 Å². The van der Waals surface area contributed by atoms with Gasteiger partial charge in [0.05, 0.1) is 23.5 Å². The molecule has 0 bridgehead atoms. The van der Waals surface area contributed by atoms with Crippen LogP contribution in [0.5, 0.6) is 0 Å². The number of ether oxygens (including phenoxy) is 1. The topological polar surface area (TPSA) is 58.7 Å². The molecule has 4 nitrogen and oxygen atoms in total. The van der Waals surface area contributed by atoms with Gasteiger partial charge >= 0.3 is 0 Å². The number of halogens is 2. The van der Waals surface area contributed by atoms with Crippen molar-refractivity contribution in [2.45, 2.75) is 44.1 Å². The van der Waals surface area contributed by atoms with Crippen LogP contribution in [-0.4, -0.2) is 25.9 Å². The summed E-state index contributed by atoms with van der Waals surface area (Å²) in [5, 5.41) is 0. The van der Waals surface area contributed by atoms with Crippen LogP contribution in [0.15, 0.2) is 22.7 Å². The summed E-state index contributed by atoms with van der Waals surface area (Å²) >= 11 is 3.30. The monoisotopic (exact) mass is 379 g/mol. The molecule has 2 rings (SSSR count). The van der Waals surface area contributed by atoms with Crippen molar-refractivity contribution in [1.82, 2.24) is 4.72 Å². The highest BCUT2D eigenvalue weighted by molar-refractivity contribution is 9.10. The molecular formula is C14H19BrFNO3S. The smallest absolute Gasteiger partial charge is 0.217 e. The number of hydrogen-bond acceptors (Lipinski definition) is 3. The van der Waals surface area contributed by atoms with Gasteiger partial charge in [0.1, 0.15) is 5.82 Å². The highest BCUT2D eigenvalue weighted by Gasteiger charge is 2.35. The zero-order valence-electron chi connectivity index (χ0n) is 12.2. The second-order valence-electron chi connectivity index (χ2n) is 6.14. The van der Waals surface area contributed by atoms with E-state index in [4.69, 9.17) is 4.74 Å². The van der Waals surface area contributed by atoms with Gasteiger partial charge in [-0.25, -0.2) is 17.5 Å². The summed E-state index contributed by atoms with van der Waals surface area (Å²) in [5.41, 5.74) is 0.708. The summed E-state index contributed by atoms with van der Waals surface area (Å²) in [5.74, 6) is -0.370. The number of nitrogens with one attached hydrogen (secondary N) is 1. The second kappa shape index (κ2) is 5.95. The van der Waals surface area contributed by atoms with Crippen molar-refractivity contribution >= 4 is 26.0 Å². The van der Waals surface area contributed by atoms with Gasteiger partial charge in [-0.15, -0.1) is 0 Å². The normalized spacial score (nSPS) is 20.3. The van der Waals surface area contributed by atoms with E-state index in [0.29, 0.717) is 23.1 Å². The summed E-state index contributed by atoms with van der Waals surface area (Å²) in [7, 11) is -3.51. The Hall–Kier alpha value is -0.500. The van der Waals surface area contributed by atoms with Crippen LogP contribution in [0.2, 0.25) is 0 Å². The maximum atomic E-state index is 13.2. The molecule has 0 amide bonds. The van der Waals surface area contributed by atoms with Crippen LogP contribution >= 0.6 is 15.9 Å². The molecule has 1 aromatic rings. The molecule has 1 heterocycles. The fourth-order valence-electron chi connectivity index (χ4n) is 1.85. The van der Waals surface area contributed by atoms with E-state index in [1.807, 2.05) is 0 Å². The van der Waals surface area contributed by atoms with Gasteiger partial charge in [0.25, 0.3) is 0 Å². The third-order valence-corrected chi connectivity index (χ3v) is 6.24. The predicted octanol–water partition coefficient (Wildman–Crippen LogP) is 3.14. The maximum Gasteiger partial charge on any atom is 0.217 e. The fraction of sp³-hybridized carbons (Fsp3) is 0.571. The molecule has 21 heavy (non-hydrogen) atoms. The van der Waals surface area contributed by atoms with Crippen molar-refractivity contribution in [3.63, 3.8) is 0 Å². The molecule has 0 radical (unpaired) electrons. The molecule has 0 saturated carbocycles. The van der Waals surface area contributed by atoms with E-state index >= 15 is 0 Å². The minimum absolute atomic E-state index is 0.0506. The standard InChI is InChI=1S/C14H19BrFNO3S/c1-14(2,3)21(18,19)17-13(7-10-8-20-10)11-5-4-9(16)6-12(11)15/h4-6,10,13,17H,7-8H2,1-3H3/t10-,13-/m1/s1. The molecule has 7 heteroatoms. The number of hydrogen-bond donors (Lipinski definition) is 1. The van der Waals surface area contributed by atoms with Crippen LogP contribution in [0.4, 0.5) is 4.39 Å². The lowest BCUT2D eigenvalue weighted by atomic mass is 10.0. The molecule has 0 spiro atoms. The summed E-state index contributed by atoms with van der Waals surface area (Å²) in [4.78, 5) is 0. The van der Waals surface area contributed by atoms with E-state index in [-0.39, 0.29) is 11.9 Å². The molecule has 1 aromatic carbocycles. The Labute approximate surface area is 133 Å². The summed E-state index contributed by atoms with van der Waals surface area (Å²) in [6, 6.07) is 3.81. The van der Waals surface area contributed by atoms with Crippen LogP contribution in [0.1, 0.15) is 38.8 Å². The van der Waals surface area contributed by atoms with E-state index in [9.17, 15) is 12.8 Å². The first-order valence-electron chi connectivity index (χ1n) is 6.68. The molecular weight excluding hydrogens is 361 g/mol. The molecule has 2 atom stereocenters. The Bertz CT molecular complexity index is 624. The lowest BCUT2D eigenvalue weighted by Gasteiger charge is -2.26. The average Bonchev–Trinajstić information content (AvgIpc) is 3.10.